The Bertz CT molecular complexity index is 488. The summed E-state index contributed by atoms with van der Waals surface area (Å²) in [6.45, 7) is 6.00. The first-order valence-electron chi connectivity index (χ1n) is 6.87. The topological polar surface area (TPSA) is 46.2 Å². The summed E-state index contributed by atoms with van der Waals surface area (Å²) in [5.74, 6) is 0.731. The third-order valence-corrected chi connectivity index (χ3v) is 4.60. The van der Waals surface area contributed by atoms with Crippen molar-refractivity contribution >= 4 is 23.0 Å². The average Bonchev–Trinajstić information content (AvgIpc) is 3.12. The number of nitrogens with one attached hydrogen (secondary N) is 1. The van der Waals surface area contributed by atoms with E-state index in [1.165, 1.54) is 12.8 Å². The van der Waals surface area contributed by atoms with Gasteiger partial charge in [0, 0.05) is 34.2 Å². The Morgan fingerprint density at radius 2 is 2.05 bits per heavy atom. The van der Waals surface area contributed by atoms with Gasteiger partial charge in [-0.1, -0.05) is 0 Å². The normalized spacial score (nSPS) is 16.2. The summed E-state index contributed by atoms with van der Waals surface area (Å²) in [6.07, 6.45) is 3.03. The highest BCUT2D eigenvalue weighted by Crippen LogP contribution is 2.32. The van der Waals surface area contributed by atoms with Crippen LogP contribution in [-0.4, -0.2) is 17.7 Å². The zero-order chi connectivity index (χ0) is 14.0. The van der Waals surface area contributed by atoms with Crippen LogP contribution in [-0.2, 0) is 4.79 Å². The largest absolute Gasteiger partial charge is 0.353 e. The molecule has 0 saturated heterocycles. The highest BCUT2D eigenvalue weighted by molar-refractivity contribution is 7.12. The van der Waals surface area contributed by atoms with Crippen molar-refractivity contribution in [2.24, 2.45) is 5.92 Å². The summed E-state index contributed by atoms with van der Waals surface area (Å²) < 4.78 is 0. The summed E-state index contributed by atoms with van der Waals surface area (Å²) in [5, 5.41) is 2.98. The third kappa shape index (κ3) is 3.90. The van der Waals surface area contributed by atoms with Crippen LogP contribution in [0.4, 0.5) is 0 Å². The number of thiophene rings is 1. The summed E-state index contributed by atoms with van der Waals surface area (Å²) in [6, 6.07) is 2.18. The number of carbonyl (C=O) groups excluding carboxylic acids is 2. The molecule has 3 nitrogen and oxygen atoms in total. The maximum absolute atomic E-state index is 12.0. The van der Waals surface area contributed by atoms with Gasteiger partial charge in [-0.3, -0.25) is 9.59 Å². The molecule has 0 aromatic carbocycles. The second-order valence-electron chi connectivity index (χ2n) is 5.44. The van der Waals surface area contributed by atoms with E-state index in [-0.39, 0.29) is 17.7 Å². The van der Waals surface area contributed by atoms with Gasteiger partial charge in [-0.2, -0.15) is 0 Å². The Labute approximate surface area is 118 Å². The number of hydrogen-bond acceptors (Lipinski definition) is 3. The van der Waals surface area contributed by atoms with Crippen LogP contribution in [0.25, 0.3) is 0 Å². The number of amides is 1. The molecule has 19 heavy (non-hydrogen) atoms. The van der Waals surface area contributed by atoms with E-state index >= 15 is 0 Å². The smallest absolute Gasteiger partial charge is 0.220 e. The molecule has 4 heteroatoms. The fraction of sp³-hybridized carbons (Fsp3) is 0.600. The summed E-state index contributed by atoms with van der Waals surface area (Å²) >= 11 is 1.63. The highest BCUT2D eigenvalue weighted by Gasteiger charge is 2.28. The molecule has 1 heterocycles. The molecule has 0 aliphatic heterocycles. The van der Waals surface area contributed by atoms with Gasteiger partial charge in [-0.15, -0.1) is 11.3 Å². The van der Waals surface area contributed by atoms with Crippen LogP contribution in [0.1, 0.15) is 52.7 Å². The molecule has 1 aromatic heterocycles. The zero-order valence-corrected chi connectivity index (χ0v) is 12.6. The monoisotopic (exact) mass is 279 g/mol. The number of carbonyl (C=O) groups is 2. The lowest BCUT2D eigenvalue weighted by Gasteiger charge is -2.12. The van der Waals surface area contributed by atoms with Crippen LogP contribution < -0.4 is 5.32 Å². The fourth-order valence-electron chi connectivity index (χ4n) is 2.31. The molecule has 1 saturated carbocycles. The fourth-order valence-corrected chi connectivity index (χ4v) is 3.25. The van der Waals surface area contributed by atoms with Gasteiger partial charge in [0.15, 0.2) is 5.78 Å². The van der Waals surface area contributed by atoms with Crippen molar-refractivity contribution in [3.63, 3.8) is 0 Å². The first-order chi connectivity index (χ1) is 8.97. The maximum atomic E-state index is 12.0. The van der Waals surface area contributed by atoms with Gasteiger partial charge < -0.3 is 5.32 Å². The molecule has 1 aromatic rings. The molecule has 1 aliphatic rings. The van der Waals surface area contributed by atoms with Crippen molar-refractivity contribution in [1.82, 2.24) is 5.32 Å². The van der Waals surface area contributed by atoms with Crippen LogP contribution in [0.2, 0.25) is 0 Å². The molecule has 0 radical (unpaired) electrons. The molecule has 2 rings (SSSR count). The van der Waals surface area contributed by atoms with E-state index in [4.69, 9.17) is 0 Å². The van der Waals surface area contributed by atoms with Crippen molar-refractivity contribution in [2.75, 3.05) is 0 Å². The van der Waals surface area contributed by atoms with Crippen LogP contribution >= 0.6 is 11.3 Å². The Kier molecular flexibility index (Phi) is 4.40. The quantitative estimate of drug-likeness (QED) is 0.813. The first kappa shape index (κ1) is 14.3. The molecular weight excluding hydrogens is 258 g/mol. The molecule has 0 bridgehead atoms. The molecule has 1 N–H and O–H groups in total. The van der Waals surface area contributed by atoms with Gasteiger partial charge in [0.1, 0.15) is 0 Å². The number of aryl methyl sites for hydroxylation is 2. The third-order valence-electron chi connectivity index (χ3n) is 3.64. The van der Waals surface area contributed by atoms with Crippen LogP contribution in [0.5, 0.6) is 0 Å². The molecule has 1 unspecified atom stereocenters. The molecule has 1 fully saturated rings. The summed E-state index contributed by atoms with van der Waals surface area (Å²) in [7, 11) is 0. The summed E-state index contributed by atoms with van der Waals surface area (Å²) in [5.41, 5.74) is 0.783. The number of rotatable bonds is 6. The van der Waals surface area contributed by atoms with Gasteiger partial charge >= 0.3 is 0 Å². The van der Waals surface area contributed by atoms with Crippen molar-refractivity contribution in [1.29, 1.82) is 0 Å². The Balaban J connectivity index is 1.79. The minimum atomic E-state index is -0.00245. The van der Waals surface area contributed by atoms with Crippen molar-refractivity contribution in [3.8, 4) is 0 Å². The minimum Gasteiger partial charge on any atom is -0.353 e. The predicted octanol–water partition coefficient (Wildman–Crippen LogP) is 3.24. The lowest BCUT2D eigenvalue weighted by molar-refractivity contribution is -0.121. The second-order valence-corrected chi connectivity index (χ2v) is 6.90. The van der Waals surface area contributed by atoms with E-state index in [1.807, 2.05) is 26.8 Å². The van der Waals surface area contributed by atoms with Crippen LogP contribution in [0, 0.1) is 19.8 Å². The van der Waals surface area contributed by atoms with Crippen LogP contribution in [0.15, 0.2) is 6.07 Å². The molecule has 0 spiro atoms. The molecule has 1 aliphatic carbocycles. The molecule has 1 atom stereocenters. The van der Waals surface area contributed by atoms with E-state index in [1.54, 1.807) is 11.3 Å². The number of Topliss-reactive ketones (excluding diaryl/α,β-unsaturated/α-hetero) is 1. The van der Waals surface area contributed by atoms with E-state index in [9.17, 15) is 9.59 Å². The molecule has 104 valence electrons. The molecule has 1 amide bonds. The van der Waals surface area contributed by atoms with Gasteiger partial charge in [0.05, 0.1) is 0 Å². The van der Waals surface area contributed by atoms with E-state index in [0.717, 1.165) is 15.3 Å². The van der Waals surface area contributed by atoms with E-state index < -0.39 is 0 Å². The van der Waals surface area contributed by atoms with Gasteiger partial charge in [0.2, 0.25) is 5.91 Å². The van der Waals surface area contributed by atoms with Crippen LogP contribution in [0.3, 0.4) is 0 Å². The maximum Gasteiger partial charge on any atom is 0.220 e. The van der Waals surface area contributed by atoms with Gasteiger partial charge in [-0.05, 0) is 45.6 Å². The van der Waals surface area contributed by atoms with E-state index in [2.05, 4.69) is 5.32 Å². The summed E-state index contributed by atoms with van der Waals surface area (Å²) in [4.78, 5) is 26.0. The Morgan fingerprint density at radius 3 is 2.58 bits per heavy atom. The minimum absolute atomic E-state index is 0.00245. The Morgan fingerprint density at radius 1 is 1.37 bits per heavy atom. The van der Waals surface area contributed by atoms with Crippen molar-refractivity contribution in [2.45, 2.75) is 52.5 Å². The van der Waals surface area contributed by atoms with Crippen molar-refractivity contribution < 1.29 is 9.59 Å². The second kappa shape index (κ2) is 5.87. The average molecular weight is 279 g/mol. The first-order valence-corrected chi connectivity index (χ1v) is 7.68. The predicted molar refractivity (Wildman–Crippen MR) is 77.7 cm³/mol. The standard InChI is InChI=1S/C15H21NO2S/c1-9-8-13(11(3)19-9)14(17)6-7-15(18)16-10(2)12-4-5-12/h8,10,12H,4-7H2,1-3H3,(H,16,18). The highest BCUT2D eigenvalue weighted by atomic mass is 32.1. The van der Waals surface area contributed by atoms with E-state index in [0.29, 0.717) is 18.8 Å². The van der Waals surface area contributed by atoms with Gasteiger partial charge in [0.25, 0.3) is 0 Å². The van der Waals surface area contributed by atoms with Crippen molar-refractivity contribution in [3.05, 3.63) is 21.4 Å². The Hall–Kier alpha value is -1.16. The number of ketones is 1. The number of hydrogen-bond donors (Lipinski definition) is 1. The lowest BCUT2D eigenvalue weighted by atomic mass is 10.1. The lowest BCUT2D eigenvalue weighted by Crippen LogP contribution is -2.34. The SMILES string of the molecule is Cc1cc(C(=O)CCC(=O)NC(C)C2CC2)c(C)s1. The zero-order valence-electron chi connectivity index (χ0n) is 11.8. The molecular formula is C15H21NO2S. The van der Waals surface area contributed by atoms with Gasteiger partial charge in [-0.25, -0.2) is 0 Å².